The third kappa shape index (κ3) is 1.31. The highest BCUT2D eigenvalue weighted by Crippen LogP contribution is 2.57. The van der Waals surface area contributed by atoms with E-state index >= 15 is 0 Å². The predicted octanol–water partition coefficient (Wildman–Crippen LogP) is 3.82. The standard InChI is InChI=1S/C19H13BO2/c20-19-12-6-1-3-8-14(12)21-16-10-5-11-17(18(16)19)22-15-9-4-2-7-13(15)19/h1-11H,20H2. The summed E-state index contributed by atoms with van der Waals surface area (Å²) in [5.41, 5.74) is 3.49. The Morgan fingerprint density at radius 2 is 1.05 bits per heavy atom. The lowest BCUT2D eigenvalue weighted by molar-refractivity contribution is 0.399. The van der Waals surface area contributed by atoms with Crippen LogP contribution in [0.3, 0.4) is 0 Å². The number of rotatable bonds is 0. The maximum atomic E-state index is 6.12. The molecule has 0 radical (unpaired) electrons. The molecule has 3 heteroatoms. The van der Waals surface area contributed by atoms with Gasteiger partial charge in [0.15, 0.2) is 0 Å². The first-order chi connectivity index (χ1) is 10.8. The van der Waals surface area contributed by atoms with Gasteiger partial charge in [-0.25, -0.2) is 0 Å². The van der Waals surface area contributed by atoms with Crippen LogP contribution in [0.5, 0.6) is 23.0 Å². The molecule has 0 N–H and O–H groups in total. The monoisotopic (exact) mass is 284 g/mol. The minimum atomic E-state index is -0.254. The third-order valence-electron chi connectivity index (χ3n) is 4.78. The van der Waals surface area contributed by atoms with Crippen LogP contribution >= 0.6 is 0 Å². The Kier molecular flexibility index (Phi) is 2.14. The molecule has 22 heavy (non-hydrogen) atoms. The molecule has 0 saturated carbocycles. The van der Waals surface area contributed by atoms with Gasteiger partial charge in [-0.1, -0.05) is 42.5 Å². The van der Waals surface area contributed by atoms with Crippen molar-refractivity contribution in [1.82, 2.24) is 0 Å². The van der Waals surface area contributed by atoms with Gasteiger partial charge in [0.25, 0.3) is 0 Å². The maximum absolute atomic E-state index is 6.12. The summed E-state index contributed by atoms with van der Waals surface area (Å²) in [7, 11) is 2.26. The van der Waals surface area contributed by atoms with Gasteiger partial charge in [-0.15, -0.1) is 0 Å². The summed E-state index contributed by atoms with van der Waals surface area (Å²) in [6.45, 7) is 0. The van der Waals surface area contributed by atoms with Gasteiger partial charge in [0, 0.05) is 22.0 Å². The van der Waals surface area contributed by atoms with Crippen LogP contribution in [0.4, 0.5) is 0 Å². The van der Waals surface area contributed by atoms with Crippen molar-refractivity contribution in [2.75, 3.05) is 0 Å². The van der Waals surface area contributed by atoms with Crippen molar-refractivity contribution in [2.24, 2.45) is 0 Å². The fourth-order valence-electron chi connectivity index (χ4n) is 3.76. The predicted molar refractivity (Wildman–Crippen MR) is 87.9 cm³/mol. The van der Waals surface area contributed by atoms with E-state index in [1.54, 1.807) is 0 Å². The molecule has 3 aromatic rings. The van der Waals surface area contributed by atoms with Gasteiger partial charge >= 0.3 is 0 Å². The van der Waals surface area contributed by atoms with Gasteiger partial charge in [-0.2, -0.15) is 0 Å². The first-order valence-electron chi connectivity index (χ1n) is 7.47. The van der Waals surface area contributed by atoms with Crippen molar-refractivity contribution in [2.45, 2.75) is 5.31 Å². The molecule has 0 saturated heterocycles. The number of hydrogen-bond acceptors (Lipinski definition) is 2. The molecule has 0 fully saturated rings. The molecule has 0 bridgehead atoms. The molecule has 0 aliphatic carbocycles. The lowest BCUT2D eigenvalue weighted by atomic mass is 9.54. The summed E-state index contributed by atoms with van der Waals surface area (Å²) >= 11 is 0. The molecule has 5 rings (SSSR count). The molecule has 2 aliphatic rings. The summed E-state index contributed by atoms with van der Waals surface area (Å²) in [5.74, 6) is 3.61. The smallest absolute Gasteiger partial charge is 0.134 e. The molecule has 2 nitrogen and oxygen atoms in total. The van der Waals surface area contributed by atoms with Crippen LogP contribution in [0.15, 0.2) is 66.7 Å². The molecular formula is C19H13BO2. The SMILES string of the molecule is BC12c3ccccc3Oc3cccc(c31)Oc1ccccc12. The average molecular weight is 284 g/mol. The quantitative estimate of drug-likeness (QED) is 0.584. The van der Waals surface area contributed by atoms with Crippen molar-refractivity contribution in [3.05, 3.63) is 83.4 Å². The van der Waals surface area contributed by atoms with E-state index in [2.05, 4.69) is 32.1 Å². The van der Waals surface area contributed by atoms with Crippen LogP contribution in [0.1, 0.15) is 16.7 Å². The summed E-state index contributed by atoms with van der Waals surface area (Å²) in [4.78, 5) is 0. The molecule has 3 aromatic carbocycles. The van der Waals surface area contributed by atoms with Crippen LogP contribution in [-0.2, 0) is 5.31 Å². The van der Waals surface area contributed by atoms with Crippen LogP contribution < -0.4 is 9.47 Å². The fraction of sp³-hybridized carbons (Fsp3) is 0.0526. The van der Waals surface area contributed by atoms with Gasteiger partial charge in [0.2, 0.25) is 0 Å². The Balaban J connectivity index is 1.95. The van der Waals surface area contributed by atoms with Crippen LogP contribution in [0.2, 0.25) is 0 Å². The summed E-state index contributed by atoms with van der Waals surface area (Å²) in [6.07, 6.45) is 0. The first kappa shape index (κ1) is 11.9. The molecular weight excluding hydrogens is 271 g/mol. The molecule has 0 atom stereocenters. The van der Waals surface area contributed by atoms with Crippen molar-refractivity contribution in [3.8, 4) is 23.0 Å². The molecule has 2 heterocycles. The van der Waals surface area contributed by atoms with Crippen molar-refractivity contribution < 1.29 is 9.47 Å². The third-order valence-corrected chi connectivity index (χ3v) is 4.78. The Hall–Kier alpha value is -2.68. The van der Waals surface area contributed by atoms with E-state index in [1.165, 1.54) is 11.1 Å². The van der Waals surface area contributed by atoms with E-state index in [0.717, 1.165) is 28.6 Å². The van der Waals surface area contributed by atoms with E-state index in [9.17, 15) is 0 Å². The fourth-order valence-corrected chi connectivity index (χ4v) is 3.76. The van der Waals surface area contributed by atoms with E-state index < -0.39 is 0 Å². The van der Waals surface area contributed by atoms with Crippen molar-refractivity contribution in [3.63, 3.8) is 0 Å². The van der Waals surface area contributed by atoms with E-state index in [1.807, 2.05) is 42.5 Å². The highest BCUT2D eigenvalue weighted by atomic mass is 16.5. The number of para-hydroxylation sites is 2. The lowest BCUT2D eigenvalue weighted by Crippen LogP contribution is -2.36. The number of benzene rings is 3. The summed E-state index contributed by atoms with van der Waals surface area (Å²) in [6, 6.07) is 22.6. The molecule has 2 aliphatic heterocycles. The van der Waals surface area contributed by atoms with Gasteiger partial charge in [0.1, 0.15) is 30.8 Å². The van der Waals surface area contributed by atoms with Crippen LogP contribution in [0.25, 0.3) is 0 Å². The second-order valence-corrected chi connectivity index (χ2v) is 5.95. The summed E-state index contributed by atoms with van der Waals surface area (Å²) < 4.78 is 12.2. The van der Waals surface area contributed by atoms with Gasteiger partial charge in [-0.05, 0) is 24.3 Å². The van der Waals surface area contributed by atoms with Crippen LogP contribution in [-0.4, -0.2) is 7.85 Å². The second-order valence-electron chi connectivity index (χ2n) is 5.95. The zero-order valence-corrected chi connectivity index (χ0v) is 12.2. The topological polar surface area (TPSA) is 18.5 Å². The number of ether oxygens (including phenoxy) is 2. The van der Waals surface area contributed by atoms with Gasteiger partial charge < -0.3 is 9.47 Å². The minimum absolute atomic E-state index is 0.254. The molecule has 104 valence electrons. The van der Waals surface area contributed by atoms with Crippen LogP contribution in [0, 0.1) is 0 Å². The number of fused-ring (bicyclic) bond motifs is 4. The van der Waals surface area contributed by atoms with Crippen molar-refractivity contribution >= 4 is 7.85 Å². The van der Waals surface area contributed by atoms with E-state index in [4.69, 9.17) is 9.47 Å². The van der Waals surface area contributed by atoms with Gasteiger partial charge in [0.05, 0.1) is 0 Å². The largest absolute Gasteiger partial charge is 0.457 e. The lowest BCUT2D eigenvalue weighted by Gasteiger charge is -2.42. The maximum Gasteiger partial charge on any atom is 0.134 e. The van der Waals surface area contributed by atoms with E-state index in [0.29, 0.717) is 0 Å². The average Bonchev–Trinajstić information content (AvgIpc) is 2.55. The van der Waals surface area contributed by atoms with Crippen molar-refractivity contribution in [1.29, 1.82) is 0 Å². The minimum Gasteiger partial charge on any atom is -0.457 e. The summed E-state index contributed by atoms with van der Waals surface area (Å²) in [5, 5.41) is -0.254. The zero-order chi connectivity index (χ0) is 14.7. The Morgan fingerprint density at radius 1 is 0.591 bits per heavy atom. The Morgan fingerprint density at radius 3 is 1.59 bits per heavy atom. The molecule has 0 spiro atoms. The molecule has 0 aromatic heterocycles. The molecule has 0 unspecified atom stereocenters. The zero-order valence-electron chi connectivity index (χ0n) is 12.2. The molecule has 0 amide bonds. The Labute approximate surface area is 129 Å². The highest BCUT2D eigenvalue weighted by molar-refractivity contribution is 6.22. The second kappa shape index (κ2) is 3.95. The number of hydrogen-bond donors (Lipinski definition) is 0. The highest BCUT2D eigenvalue weighted by Gasteiger charge is 2.45. The van der Waals surface area contributed by atoms with Gasteiger partial charge in [-0.3, -0.25) is 0 Å². The van der Waals surface area contributed by atoms with E-state index in [-0.39, 0.29) is 5.31 Å². The Bertz CT molecular complexity index is 849. The normalized spacial score (nSPS) is 15.6. The first-order valence-corrected chi connectivity index (χ1v) is 7.47.